The molecule has 0 radical (unpaired) electrons. The van der Waals surface area contributed by atoms with Crippen LogP contribution in [0.1, 0.15) is 48.5 Å². The first-order chi connectivity index (χ1) is 15.3. The number of phenolic OH excluding ortho intramolecular Hbond substituents is 2. The largest absolute Gasteiger partial charge is 0.507 e. The second-order valence-corrected chi connectivity index (χ2v) is 9.94. The number of carbonyl (C=O) groups excluding carboxylic acids is 2. The number of carbonyl (C=O) groups is 2. The predicted molar refractivity (Wildman–Crippen MR) is 122 cm³/mol. The topological polar surface area (TPSA) is 96.4 Å². The van der Waals surface area contributed by atoms with Crippen molar-refractivity contribution in [2.45, 2.75) is 67.5 Å². The van der Waals surface area contributed by atoms with Gasteiger partial charge in [-0.1, -0.05) is 29.8 Å². The highest BCUT2D eigenvalue weighted by Crippen LogP contribution is 2.42. The minimum atomic E-state index is -0.774. The Labute approximate surface area is 195 Å². The molecule has 6 nitrogen and oxygen atoms in total. The number of hydrogen-bond donors (Lipinski definition) is 2. The molecule has 2 aromatic carbocycles. The molecule has 0 amide bonds. The van der Waals surface area contributed by atoms with Gasteiger partial charge >= 0.3 is 5.97 Å². The van der Waals surface area contributed by atoms with Crippen LogP contribution < -0.4 is 0 Å². The van der Waals surface area contributed by atoms with E-state index in [1.807, 2.05) is 18.2 Å². The van der Waals surface area contributed by atoms with Gasteiger partial charge in [-0.25, -0.2) is 4.79 Å². The molecule has 0 bridgehead atoms. The number of fused-ring (bicyclic) bond motifs is 2. The Bertz CT molecular complexity index is 1010. The van der Waals surface area contributed by atoms with Gasteiger partial charge in [-0.15, -0.1) is 11.8 Å². The van der Waals surface area contributed by atoms with E-state index in [-0.39, 0.29) is 51.6 Å². The van der Waals surface area contributed by atoms with E-state index in [4.69, 9.17) is 21.1 Å². The van der Waals surface area contributed by atoms with E-state index >= 15 is 0 Å². The van der Waals surface area contributed by atoms with Gasteiger partial charge in [0.1, 0.15) is 28.9 Å². The lowest BCUT2D eigenvalue weighted by Gasteiger charge is -2.18. The summed E-state index contributed by atoms with van der Waals surface area (Å²) in [6.07, 6.45) is 1.65. The van der Waals surface area contributed by atoms with Crippen molar-refractivity contribution in [3.05, 3.63) is 52.5 Å². The van der Waals surface area contributed by atoms with Crippen LogP contribution in [0.4, 0.5) is 0 Å². The highest BCUT2D eigenvalue weighted by molar-refractivity contribution is 8.00. The van der Waals surface area contributed by atoms with Crippen LogP contribution in [0.2, 0.25) is 5.02 Å². The number of esters is 1. The summed E-state index contributed by atoms with van der Waals surface area (Å²) in [5.74, 6) is -1.75. The number of benzene rings is 2. The van der Waals surface area contributed by atoms with Crippen molar-refractivity contribution in [2.24, 2.45) is 0 Å². The van der Waals surface area contributed by atoms with Crippen LogP contribution in [-0.2, 0) is 20.7 Å². The summed E-state index contributed by atoms with van der Waals surface area (Å²) in [5.41, 5.74) is -0.0741. The normalized spacial score (nSPS) is 26.4. The maximum Gasteiger partial charge on any atom is 0.342 e. The number of rotatable bonds is 2. The Kier molecular flexibility index (Phi) is 6.98. The lowest BCUT2D eigenvalue weighted by atomic mass is 9.97. The fraction of sp³-hybridized carbons (Fsp3) is 0.417. The molecule has 2 heterocycles. The van der Waals surface area contributed by atoms with E-state index in [0.717, 1.165) is 17.4 Å². The molecule has 1 fully saturated rings. The number of ketones is 1. The second kappa shape index (κ2) is 9.73. The summed E-state index contributed by atoms with van der Waals surface area (Å²) in [6.45, 7) is 1.77. The number of cyclic esters (lactones) is 1. The molecule has 0 saturated carbocycles. The van der Waals surface area contributed by atoms with Crippen LogP contribution in [0.25, 0.3) is 0 Å². The van der Waals surface area contributed by atoms with Crippen LogP contribution >= 0.6 is 23.4 Å². The minimum Gasteiger partial charge on any atom is -0.507 e. The number of Topliss-reactive ketones (excluding diaryl/α,β-unsaturated/α-hetero) is 1. The van der Waals surface area contributed by atoms with E-state index in [0.29, 0.717) is 19.3 Å². The number of ether oxygens (including phenoxy) is 2. The first-order valence-corrected chi connectivity index (χ1v) is 11.9. The van der Waals surface area contributed by atoms with Gasteiger partial charge in [-0.3, -0.25) is 4.79 Å². The maximum absolute atomic E-state index is 12.8. The van der Waals surface area contributed by atoms with Gasteiger partial charge in [0.15, 0.2) is 0 Å². The molecule has 2 aliphatic heterocycles. The van der Waals surface area contributed by atoms with Gasteiger partial charge in [-0.2, -0.15) is 0 Å². The number of hydrogen-bond acceptors (Lipinski definition) is 7. The molecule has 2 N–H and O–H groups in total. The van der Waals surface area contributed by atoms with Gasteiger partial charge in [-0.05, 0) is 31.9 Å². The first-order valence-electron chi connectivity index (χ1n) is 10.7. The lowest BCUT2D eigenvalue weighted by Crippen LogP contribution is -2.22. The molecule has 170 valence electrons. The van der Waals surface area contributed by atoms with E-state index in [1.165, 1.54) is 0 Å². The lowest BCUT2D eigenvalue weighted by molar-refractivity contribution is -0.118. The quantitative estimate of drug-likeness (QED) is 0.469. The Balaban J connectivity index is 1.58. The number of aromatic hydroxyl groups is 2. The molecule has 4 rings (SSSR count). The summed E-state index contributed by atoms with van der Waals surface area (Å²) in [7, 11) is 0. The molecule has 0 unspecified atom stereocenters. The van der Waals surface area contributed by atoms with Crippen LogP contribution in [0.5, 0.6) is 11.5 Å². The second-order valence-electron chi connectivity index (χ2n) is 8.25. The summed E-state index contributed by atoms with van der Waals surface area (Å²) in [6, 6.07) is 11.1. The van der Waals surface area contributed by atoms with Crippen molar-refractivity contribution in [3.8, 4) is 11.5 Å². The fourth-order valence-corrected chi connectivity index (χ4v) is 5.66. The highest BCUT2D eigenvalue weighted by Gasteiger charge is 2.46. The van der Waals surface area contributed by atoms with E-state index < -0.39 is 17.8 Å². The van der Waals surface area contributed by atoms with Crippen LogP contribution in [0.3, 0.4) is 0 Å². The Morgan fingerprint density at radius 3 is 2.62 bits per heavy atom. The van der Waals surface area contributed by atoms with Gasteiger partial charge in [0.2, 0.25) is 0 Å². The third-order valence-electron chi connectivity index (χ3n) is 5.73. The average Bonchev–Trinajstić information content (AvgIpc) is 3.49. The molecule has 4 atom stereocenters. The highest BCUT2D eigenvalue weighted by atomic mass is 35.5. The van der Waals surface area contributed by atoms with Gasteiger partial charge < -0.3 is 19.7 Å². The molecular formula is C24H25ClO6S. The van der Waals surface area contributed by atoms with Gasteiger partial charge in [0.25, 0.3) is 0 Å². The zero-order valence-electron chi connectivity index (χ0n) is 17.6. The summed E-state index contributed by atoms with van der Waals surface area (Å²) in [5, 5.41) is 20.3. The SMILES string of the molecule is C[C@@H]1C[C@H]2O[C@@H]2[C@H](Sc2ccccc2)CCCC(=O)Cc2c(Cl)c(O)cc(O)c2C(=O)O1. The van der Waals surface area contributed by atoms with Crippen LogP contribution in [-0.4, -0.2) is 45.5 Å². The van der Waals surface area contributed by atoms with Crippen molar-refractivity contribution in [1.29, 1.82) is 0 Å². The number of phenols is 2. The molecule has 0 aliphatic carbocycles. The Morgan fingerprint density at radius 1 is 1.12 bits per heavy atom. The Hall–Kier alpha value is -2.22. The van der Waals surface area contributed by atoms with E-state index in [2.05, 4.69) is 12.1 Å². The summed E-state index contributed by atoms with van der Waals surface area (Å²) >= 11 is 7.94. The van der Waals surface area contributed by atoms with E-state index in [9.17, 15) is 19.8 Å². The first kappa shape index (κ1) is 23.0. The van der Waals surface area contributed by atoms with Crippen molar-refractivity contribution >= 4 is 35.1 Å². The van der Waals surface area contributed by atoms with Crippen molar-refractivity contribution in [3.63, 3.8) is 0 Å². The molecule has 8 heteroatoms. The van der Waals surface area contributed by atoms with Crippen LogP contribution in [0, 0.1) is 0 Å². The smallest absolute Gasteiger partial charge is 0.342 e. The molecule has 0 spiro atoms. The summed E-state index contributed by atoms with van der Waals surface area (Å²) < 4.78 is 11.5. The fourth-order valence-electron chi connectivity index (χ4n) is 4.12. The van der Waals surface area contributed by atoms with Crippen molar-refractivity contribution < 1.29 is 29.3 Å². The van der Waals surface area contributed by atoms with Gasteiger partial charge in [0, 0.05) is 41.0 Å². The minimum absolute atomic E-state index is 0.0332. The number of epoxide rings is 1. The van der Waals surface area contributed by atoms with E-state index in [1.54, 1.807) is 18.7 Å². The molecule has 2 aliphatic rings. The van der Waals surface area contributed by atoms with Gasteiger partial charge in [0.05, 0.1) is 17.2 Å². The van der Waals surface area contributed by atoms with Crippen molar-refractivity contribution in [1.82, 2.24) is 0 Å². The standard InChI is InChI=1S/C24H25ClO6S/c1-13-10-19-23(31-19)20(32-15-7-3-2-4-8-15)9-5-6-14(26)11-16-21(24(29)30-13)17(27)12-18(28)22(16)25/h2-4,7-8,12-13,19-20,23,27-28H,5-6,9-11H2,1H3/t13-,19-,20-,23+/m1/s1. The molecule has 1 saturated heterocycles. The zero-order chi connectivity index (χ0) is 22.8. The molecule has 2 aromatic rings. The third-order valence-corrected chi connectivity index (χ3v) is 7.51. The molecular weight excluding hydrogens is 452 g/mol. The summed E-state index contributed by atoms with van der Waals surface area (Å²) in [4.78, 5) is 26.7. The molecule has 32 heavy (non-hydrogen) atoms. The number of halogens is 1. The molecule has 0 aromatic heterocycles. The maximum atomic E-state index is 12.8. The Morgan fingerprint density at radius 2 is 1.88 bits per heavy atom. The third kappa shape index (κ3) is 5.22. The van der Waals surface area contributed by atoms with Crippen molar-refractivity contribution in [2.75, 3.05) is 0 Å². The average molecular weight is 477 g/mol. The number of thioether (sulfide) groups is 1. The predicted octanol–water partition coefficient (Wildman–Crippen LogP) is 4.91. The monoisotopic (exact) mass is 476 g/mol. The van der Waals surface area contributed by atoms with Crippen LogP contribution in [0.15, 0.2) is 41.3 Å². The zero-order valence-corrected chi connectivity index (χ0v) is 19.2.